The predicted molar refractivity (Wildman–Crippen MR) is 77.7 cm³/mol. The van der Waals surface area contributed by atoms with Crippen molar-refractivity contribution in [3.63, 3.8) is 0 Å². The molecule has 0 saturated heterocycles. The number of rotatable bonds is 5. The zero-order valence-corrected chi connectivity index (χ0v) is 11.3. The minimum Gasteiger partial charge on any atom is -0.384 e. The number of hydrogen-bond acceptors (Lipinski definition) is 3. The molecule has 1 heterocycles. The molecule has 0 aliphatic rings. The van der Waals surface area contributed by atoms with Crippen LogP contribution >= 0.6 is 0 Å². The van der Waals surface area contributed by atoms with Crippen LogP contribution in [0.2, 0.25) is 0 Å². The summed E-state index contributed by atoms with van der Waals surface area (Å²) in [6.07, 6.45) is 3.79. The van der Waals surface area contributed by atoms with E-state index < -0.39 is 0 Å². The van der Waals surface area contributed by atoms with Crippen molar-refractivity contribution in [3.8, 4) is 0 Å². The van der Waals surface area contributed by atoms with Gasteiger partial charge in [0.05, 0.1) is 0 Å². The summed E-state index contributed by atoms with van der Waals surface area (Å²) in [7, 11) is 2.03. The number of imidazole rings is 1. The Labute approximate surface area is 113 Å². The molecule has 0 amide bonds. The summed E-state index contributed by atoms with van der Waals surface area (Å²) in [5, 5.41) is 7.46. The highest BCUT2D eigenvalue weighted by Crippen LogP contribution is 2.14. The lowest BCUT2D eigenvalue weighted by Gasteiger charge is -2.20. The van der Waals surface area contributed by atoms with Gasteiger partial charge >= 0.3 is 0 Å². The van der Waals surface area contributed by atoms with Gasteiger partial charge in [0, 0.05) is 43.8 Å². The van der Waals surface area contributed by atoms with E-state index in [0.29, 0.717) is 0 Å². The number of nitrogen functional groups attached to an aromatic ring is 1. The van der Waals surface area contributed by atoms with Gasteiger partial charge in [-0.2, -0.15) is 0 Å². The Morgan fingerprint density at radius 3 is 2.89 bits per heavy atom. The maximum absolute atomic E-state index is 7.46. The summed E-state index contributed by atoms with van der Waals surface area (Å²) < 4.78 is 2.12. The molecule has 0 fully saturated rings. The van der Waals surface area contributed by atoms with Crippen LogP contribution in [0.25, 0.3) is 0 Å². The van der Waals surface area contributed by atoms with Crippen molar-refractivity contribution in [2.24, 2.45) is 5.73 Å². The van der Waals surface area contributed by atoms with Crippen LogP contribution in [0, 0.1) is 12.3 Å². The Morgan fingerprint density at radius 1 is 1.47 bits per heavy atom. The fraction of sp³-hybridized carbons (Fsp3) is 0.286. The number of hydrogen-bond donors (Lipinski definition) is 2. The number of amidine groups is 1. The van der Waals surface area contributed by atoms with E-state index in [2.05, 4.69) is 14.5 Å². The molecule has 19 heavy (non-hydrogen) atoms. The van der Waals surface area contributed by atoms with Crippen LogP contribution in [0.3, 0.4) is 0 Å². The molecule has 0 unspecified atom stereocenters. The second kappa shape index (κ2) is 5.56. The predicted octanol–water partition coefficient (Wildman–Crippen LogP) is 1.61. The van der Waals surface area contributed by atoms with Crippen molar-refractivity contribution in [2.75, 3.05) is 18.5 Å². The van der Waals surface area contributed by atoms with Gasteiger partial charge in [-0.15, -0.1) is 0 Å². The molecule has 1 aromatic carbocycles. The quantitative estimate of drug-likeness (QED) is 0.631. The monoisotopic (exact) mass is 257 g/mol. The second-order valence-corrected chi connectivity index (χ2v) is 4.55. The summed E-state index contributed by atoms with van der Waals surface area (Å²) in [4.78, 5) is 6.35. The Hall–Kier alpha value is -2.30. The van der Waals surface area contributed by atoms with Crippen molar-refractivity contribution in [2.45, 2.75) is 13.5 Å². The minimum absolute atomic E-state index is 0.0979. The normalized spacial score (nSPS) is 10.4. The largest absolute Gasteiger partial charge is 0.384 e. The first kappa shape index (κ1) is 13.1. The Bertz CT molecular complexity index is 573. The summed E-state index contributed by atoms with van der Waals surface area (Å²) in [6.45, 7) is 3.75. The van der Waals surface area contributed by atoms with Gasteiger partial charge in [0.25, 0.3) is 0 Å². The molecule has 1 aromatic heterocycles. The van der Waals surface area contributed by atoms with Gasteiger partial charge in [0.2, 0.25) is 0 Å². The molecule has 0 aliphatic carbocycles. The van der Waals surface area contributed by atoms with Crippen LogP contribution < -0.4 is 10.6 Å². The maximum Gasteiger partial charge on any atom is 0.122 e. The summed E-state index contributed by atoms with van der Waals surface area (Å²) in [6, 6.07) is 7.72. The van der Waals surface area contributed by atoms with E-state index in [4.69, 9.17) is 11.1 Å². The fourth-order valence-corrected chi connectivity index (χ4v) is 1.94. The van der Waals surface area contributed by atoms with Crippen molar-refractivity contribution in [3.05, 3.63) is 48.0 Å². The average Bonchev–Trinajstić information content (AvgIpc) is 2.81. The molecule has 2 rings (SSSR count). The van der Waals surface area contributed by atoms with Crippen molar-refractivity contribution < 1.29 is 0 Å². The molecule has 2 aromatic rings. The van der Waals surface area contributed by atoms with Crippen LogP contribution in [0.5, 0.6) is 0 Å². The van der Waals surface area contributed by atoms with Gasteiger partial charge in [-0.1, -0.05) is 12.1 Å². The molecular formula is C14H19N5. The molecule has 5 heteroatoms. The number of nitrogens with one attached hydrogen (secondary N) is 1. The Balaban J connectivity index is 2.03. The number of aromatic nitrogens is 2. The molecule has 5 nitrogen and oxygen atoms in total. The molecule has 0 spiro atoms. The van der Waals surface area contributed by atoms with Gasteiger partial charge < -0.3 is 15.2 Å². The molecule has 3 N–H and O–H groups in total. The van der Waals surface area contributed by atoms with Gasteiger partial charge in [-0.3, -0.25) is 5.41 Å². The highest BCUT2D eigenvalue weighted by Gasteiger charge is 2.04. The molecular weight excluding hydrogens is 238 g/mol. The van der Waals surface area contributed by atoms with E-state index in [-0.39, 0.29) is 5.84 Å². The Kier molecular flexibility index (Phi) is 3.85. The first-order chi connectivity index (χ1) is 9.08. The molecule has 100 valence electrons. The number of benzene rings is 1. The third-order valence-electron chi connectivity index (χ3n) is 3.20. The van der Waals surface area contributed by atoms with E-state index in [9.17, 15) is 0 Å². The molecule has 0 radical (unpaired) electrons. The number of aryl methyl sites for hydroxylation is 1. The fourth-order valence-electron chi connectivity index (χ4n) is 1.94. The van der Waals surface area contributed by atoms with E-state index >= 15 is 0 Å². The maximum atomic E-state index is 7.46. The smallest absolute Gasteiger partial charge is 0.122 e. The van der Waals surface area contributed by atoms with Gasteiger partial charge in [-0.05, 0) is 19.1 Å². The lowest BCUT2D eigenvalue weighted by molar-refractivity contribution is 0.664. The first-order valence-corrected chi connectivity index (χ1v) is 6.21. The van der Waals surface area contributed by atoms with Crippen LogP contribution in [0.1, 0.15) is 11.4 Å². The SMILES string of the molecule is Cc1nccn1CCN(C)c1cccc(C(=N)N)c1. The number of likely N-dealkylation sites (N-methyl/N-ethyl adjacent to an activating group) is 1. The van der Waals surface area contributed by atoms with Crippen molar-refractivity contribution >= 4 is 11.5 Å². The standard InChI is InChI=1S/C14H19N5/c1-11-17-6-7-19(11)9-8-18(2)13-5-3-4-12(10-13)14(15)16/h3-7,10H,8-9H2,1-2H3,(H3,15,16). The number of nitrogens with zero attached hydrogens (tertiary/aromatic N) is 3. The Morgan fingerprint density at radius 2 is 2.26 bits per heavy atom. The summed E-state index contributed by atoms with van der Waals surface area (Å²) in [5.74, 6) is 1.12. The van der Waals surface area contributed by atoms with E-state index in [1.807, 2.05) is 50.6 Å². The number of anilines is 1. The molecule has 0 aliphatic heterocycles. The zero-order chi connectivity index (χ0) is 13.8. The topological polar surface area (TPSA) is 70.9 Å². The molecule has 0 bridgehead atoms. The lowest BCUT2D eigenvalue weighted by atomic mass is 10.2. The van der Waals surface area contributed by atoms with Crippen LogP contribution in [-0.4, -0.2) is 29.0 Å². The van der Waals surface area contributed by atoms with E-state index in [1.54, 1.807) is 0 Å². The van der Waals surface area contributed by atoms with E-state index in [0.717, 1.165) is 30.2 Å². The highest BCUT2D eigenvalue weighted by molar-refractivity contribution is 5.95. The van der Waals surface area contributed by atoms with Crippen molar-refractivity contribution in [1.82, 2.24) is 9.55 Å². The lowest BCUT2D eigenvalue weighted by Crippen LogP contribution is -2.23. The third kappa shape index (κ3) is 3.13. The summed E-state index contributed by atoms with van der Waals surface area (Å²) >= 11 is 0. The van der Waals surface area contributed by atoms with Gasteiger partial charge in [-0.25, -0.2) is 4.98 Å². The van der Waals surface area contributed by atoms with E-state index in [1.165, 1.54) is 0 Å². The summed E-state index contributed by atoms with van der Waals surface area (Å²) in [5.41, 5.74) is 7.32. The van der Waals surface area contributed by atoms with Crippen molar-refractivity contribution in [1.29, 1.82) is 5.41 Å². The average molecular weight is 257 g/mol. The molecule has 0 atom stereocenters. The van der Waals surface area contributed by atoms with Crippen LogP contribution in [0.4, 0.5) is 5.69 Å². The third-order valence-corrected chi connectivity index (χ3v) is 3.20. The first-order valence-electron chi connectivity index (χ1n) is 6.21. The molecule has 0 saturated carbocycles. The van der Waals surface area contributed by atoms with Crippen LogP contribution in [-0.2, 0) is 6.54 Å². The second-order valence-electron chi connectivity index (χ2n) is 4.55. The zero-order valence-electron chi connectivity index (χ0n) is 11.3. The number of nitrogens with two attached hydrogens (primary N) is 1. The van der Waals surface area contributed by atoms with Gasteiger partial charge in [0.1, 0.15) is 11.7 Å². The van der Waals surface area contributed by atoms with Gasteiger partial charge in [0.15, 0.2) is 0 Å². The van der Waals surface area contributed by atoms with Crippen LogP contribution in [0.15, 0.2) is 36.7 Å². The minimum atomic E-state index is 0.0979. The highest BCUT2D eigenvalue weighted by atomic mass is 15.1.